The molecule has 1 amide bonds. The topological polar surface area (TPSA) is 55.6 Å². The van der Waals surface area contributed by atoms with Crippen LogP contribution in [0.1, 0.15) is 36.5 Å². The van der Waals surface area contributed by atoms with Gasteiger partial charge < -0.3 is 15.4 Å². The summed E-state index contributed by atoms with van der Waals surface area (Å²) in [6.45, 7) is 4.29. The van der Waals surface area contributed by atoms with E-state index in [1.54, 1.807) is 0 Å². The van der Waals surface area contributed by atoms with Crippen molar-refractivity contribution in [2.45, 2.75) is 32.2 Å². The van der Waals surface area contributed by atoms with Crippen molar-refractivity contribution in [3.05, 3.63) is 29.8 Å². The smallest absolute Gasteiger partial charge is 0.253 e. The Morgan fingerprint density at radius 3 is 2.53 bits per heavy atom. The zero-order valence-electron chi connectivity index (χ0n) is 11.5. The molecule has 0 bridgehead atoms. The van der Waals surface area contributed by atoms with Gasteiger partial charge in [-0.2, -0.15) is 0 Å². The van der Waals surface area contributed by atoms with Gasteiger partial charge in [-0.1, -0.05) is 6.92 Å². The Labute approximate surface area is 114 Å². The van der Waals surface area contributed by atoms with Crippen LogP contribution in [-0.4, -0.2) is 36.5 Å². The minimum atomic E-state index is 0.0916. The second-order valence-corrected chi connectivity index (χ2v) is 5.00. The Bertz CT molecular complexity index is 409. The van der Waals surface area contributed by atoms with E-state index in [1.807, 2.05) is 29.2 Å². The second-order valence-electron chi connectivity index (χ2n) is 5.00. The van der Waals surface area contributed by atoms with Gasteiger partial charge in [0.05, 0.1) is 6.61 Å². The third kappa shape index (κ3) is 3.70. The van der Waals surface area contributed by atoms with Crippen LogP contribution in [0.2, 0.25) is 0 Å². The number of ether oxygens (including phenoxy) is 1. The lowest BCUT2D eigenvalue weighted by molar-refractivity contribution is 0.0714. The van der Waals surface area contributed by atoms with E-state index in [9.17, 15) is 4.79 Å². The molecule has 0 unspecified atom stereocenters. The van der Waals surface area contributed by atoms with Crippen LogP contribution in [0.25, 0.3) is 0 Å². The highest BCUT2D eigenvalue weighted by Crippen LogP contribution is 2.16. The Morgan fingerprint density at radius 1 is 1.32 bits per heavy atom. The normalized spacial score (nSPS) is 16.4. The summed E-state index contributed by atoms with van der Waals surface area (Å²) < 4.78 is 5.51. The van der Waals surface area contributed by atoms with Gasteiger partial charge in [-0.25, -0.2) is 0 Å². The van der Waals surface area contributed by atoms with Gasteiger partial charge in [0.1, 0.15) is 5.75 Å². The molecule has 19 heavy (non-hydrogen) atoms. The molecule has 1 saturated heterocycles. The summed E-state index contributed by atoms with van der Waals surface area (Å²) >= 11 is 0. The number of benzene rings is 1. The number of carbonyl (C=O) groups excluding carboxylic acids is 1. The van der Waals surface area contributed by atoms with E-state index >= 15 is 0 Å². The molecule has 0 atom stereocenters. The number of rotatable bonds is 4. The molecular formula is C15H22N2O2. The summed E-state index contributed by atoms with van der Waals surface area (Å²) in [5, 5.41) is 0. The lowest BCUT2D eigenvalue weighted by atomic mass is 10.0. The SMILES string of the molecule is CCCOc1ccc(C(=O)N2CCC(N)CC2)cc1. The van der Waals surface area contributed by atoms with Crippen molar-refractivity contribution < 1.29 is 9.53 Å². The van der Waals surface area contributed by atoms with Crippen LogP contribution >= 0.6 is 0 Å². The maximum atomic E-state index is 12.3. The maximum Gasteiger partial charge on any atom is 0.253 e. The molecule has 1 aromatic rings. The number of nitrogens with two attached hydrogens (primary N) is 1. The molecule has 104 valence electrons. The summed E-state index contributed by atoms with van der Waals surface area (Å²) in [6.07, 6.45) is 2.77. The number of hydrogen-bond acceptors (Lipinski definition) is 3. The molecule has 4 heteroatoms. The predicted molar refractivity (Wildman–Crippen MR) is 75.3 cm³/mol. The molecule has 0 aromatic heterocycles. The van der Waals surface area contributed by atoms with E-state index in [4.69, 9.17) is 10.5 Å². The number of amides is 1. The lowest BCUT2D eigenvalue weighted by Crippen LogP contribution is -2.42. The summed E-state index contributed by atoms with van der Waals surface area (Å²) in [4.78, 5) is 14.2. The molecule has 1 aromatic carbocycles. The van der Waals surface area contributed by atoms with Crippen LogP contribution in [-0.2, 0) is 0 Å². The summed E-state index contributed by atoms with van der Waals surface area (Å²) in [7, 11) is 0. The number of likely N-dealkylation sites (tertiary alicyclic amines) is 1. The highest BCUT2D eigenvalue weighted by Gasteiger charge is 2.21. The Balaban J connectivity index is 1.95. The molecule has 2 N–H and O–H groups in total. The molecule has 4 nitrogen and oxygen atoms in total. The maximum absolute atomic E-state index is 12.3. The van der Waals surface area contributed by atoms with Crippen molar-refractivity contribution in [1.82, 2.24) is 4.90 Å². The van der Waals surface area contributed by atoms with Gasteiger partial charge in [-0.05, 0) is 43.5 Å². The second kappa shape index (κ2) is 6.57. The highest BCUT2D eigenvalue weighted by molar-refractivity contribution is 5.94. The van der Waals surface area contributed by atoms with Crippen LogP contribution in [0.5, 0.6) is 5.75 Å². The summed E-state index contributed by atoms with van der Waals surface area (Å²) in [6, 6.07) is 7.63. The molecule has 0 radical (unpaired) electrons. The standard InChI is InChI=1S/C15H22N2O2/c1-2-11-19-14-5-3-12(4-6-14)15(18)17-9-7-13(16)8-10-17/h3-6,13H,2,7-11,16H2,1H3. The van der Waals surface area contributed by atoms with Crippen molar-refractivity contribution >= 4 is 5.91 Å². The number of hydrogen-bond donors (Lipinski definition) is 1. The van der Waals surface area contributed by atoms with E-state index in [0.29, 0.717) is 6.61 Å². The van der Waals surface area contributed by atoms with Gasteiger partial charge in [0.2, 0.25) is 0 Å². The Morgan fingerprint density at radius 2 is 1.95 bits per heavy atom. The minimum Gasteiger partial charge on any atom is -0.494 e. The third-order valence-electron chi connectivity index (χ3n) is 3.40. The minimum absolute atomic E-state index is 0.0916. The van der Waals surface area contributed by atoms with Crippen molar-refractivity contribution in [2.24, 2.45) is 5.73 Å². The van der Waals surface area contributed by atoms with E-state index in [2.05, 4.69) is 6.92 Å². The molecule has 1 fully saturated rings. The lowest BCUT2D eigenvalue weighted by Gasteiger charge is -2.30. The third-order valence-corrected chi connectivity index (χ3v) is 3.40. The average molecular weight is 262 g/mol. The van der Waals surface area contributed by atoms with Crippen molar-refractivity contribution in [2.75, 3.05) is 19.7 Å². The van der Waals surface area contributed by atoms with Gasteiger partial charge in [-0.15, -0.1) is 0 Å². The monoisotopic (exact) mass is 262 g/mol. The van der Waals surface area contributed by atoms with Gasteiger partial charge in [0.25, 0.3) is 5.91 Å². The van der Waals surface area contributed by atoms with Crippen molar-refractivity contribution in [1.29, 1.82) is 0 Å². The van der Waals surface area contributed by atoms with Gasteiger partial charge >= 0.3 is 0 Å². The van der Waals surface area contributed by atoms with Gasteiger partial charge in [0.15, 0.2) is 0 Å². The first kappa shape index (κ1) is 13.9. The summed E-state index contributed by atoms with van der Waals surface area (Å²) in [5.74, 6) is 0.910. The van der Waals surface area contributed by atoms with E-state index < -0.39 is 0 Å². The van der Waals surface area contributed by atoms with E-state index in [-0.39, 0.29) is 11.9 Å². The van der Waals surface area contributed by atoms with Crippen molar-refractivity contribution in [3.63, 3.8) is 0 Å². The fourth-order valence-electron chi connectivity index (χ4n) is 2.20. The molecule has 2 rings (SSSR count). The molecule has 1 aliphatic rings. The Kier molecular flexibility index (Phi) is 4.80. The largest absolute Gasteiger partial charge is 0.494 e. The molecule has 0 aliphatic carbocycles. The first-order valence-corrected chi connectivity index (χ1v) is 6.98. The first-order chi connectivity index (χ1) is 9.20. The number of nitrogens with zero attached hydrogens (tertiary/aromatic N) is 1. The zero-order valence-corrected chi connectivity index (χ0v) is 11.5. The van der Waals surface area contributed by atoms with E-state index in [0.717, 1.165) is 43.7 Å². The highest BCUT2D eigenvalue weighted by atomic mass is 16.5. The fourth-order valence-corrected chi connectivity index (χ4v) is 2.20. The molecular weight excluding hydrogens is 240 g/mol. The van der Waals surface area contributed by atoms with Crippen LogP contribution in [0.15, 0.2) is 24.3 Å². The molecule has 0 saturated carbocycles. The molecule has 1 aliphatic heterocycles. The molecule has 0 spiro atoms. The van der Waals surface area contributed by atoms with Crippen LogP contribution in [0.4, 0.5) is 0 Å². The first-order valence-electron chi connectivity index (χ1n) is 6.98. The fraction of sp³-hybridized carbons (Fsp3) is 0.533. The molecule has 1 heterocycles. The predicted octanol–water partition coefficient (Wildman–Crippen LogP) is 2.04. The number of piperidine rings is 1. The van der Waals surface area contributed by atoms with Crippen molar-refractivity contribution in [3.8, 4) is 5.75 Å². The average Bonchev–Trinajstić information content (AvgIpc) is 2.46. The van der Waals surface area contributed by atoms with Gasteiger partial charge in [0, 0.05) is 24.7 Å². The van der Waals surface area contributed by atoms with Crippen LogP contribution < -0.4 is 10.5 Å². The quantitative estimate of drug-likeness (QED) is 0.903. The van der Waals surface area contributed by atoms with Gasteiger partial charge in [-0.3, -0.25) is 4.79 Å². The Hall–Kier alpha value is -1.55. The zero-order chi connectivity index (χ0) is 13.7. The van der Waals surface area contributed by atoms with E-state index in [1.165, 1.54) is 0 Å². The summed E-state index contributed by atoms with van der Waals surface area (Å²) in [5.41, 5.74) is 6.57. The number of carbonyl (C=O) groups is 1. The van der Waals surface area contributed by atoms with Crippen LogP contribution in [0, 0.1) is 0 Å². The van der Waals surface area contributed by atoms with Crippen LogP contribution in [0.3, 0.4) is 0 Å².